The Morgan fingerprint density at radius 2 is 1.85 bits per heavy atom. The Balaban J connectivity index is 0.00000243. The van der Waals surface area contributed by atoms with E-state index in [9.17, 15) is 9.59 Å². The van der Waals surface area contributed by atoms with Gasteiger partial charge in [-0.3, -0.25) is 9.59 Å². The smallest absolute Gasteiger partial charge is 0.254 e. The number of carbonyl (C=O) groups excluding carboxylic acids is 2. The Kier molecular flexibility index (Phi) is 7.91. The van der Waals surface area contributed by atoms with Gasteiger partial charge in [-0.15, -0.1) is 12.4 Å². The van der Waals surface area contributed by atoms with Crippen molar-refractivity contribution in [2.45, 2.75) is 50.6 Å². The second-order valence-corrected chi connectivity index (χ2v) is 7.19. The summed E-state index contributed by atoms with van der Waals surface area (Å²) in [7, 11) is 1.91. The summed E-state index contributed by atoms with van der Waals surface area (Å²) in [4.78, 5) is 27.8. The van der Waals surface area contributed by atoms with Gasteiger partial charge in [0, 0.05) is 18.2 Å². The third kappa shape index (κ3) is 4.57. The molecular formula is C20H30ClN3O2. The summed E-state index contributed by atoms with van der Waals surface area (Å²) in [6.07, 6.45) is 6.22. The molecule has 0 bridgehead atoms. The van der Waals surface area contributed by atoms with E-state index in [-0.39, 0.29) is 36.3 Å². The molecule has 144 valence electrons. The van der Waals surface area contributed by atoms with Gasteiger partial charge in [-0.05, 0) is 57.3 Å². The monoisotopic (exact) mass is 379 g/mol. The number of halogens is 1. The zero-order valence-electron chi connectivity index (χ0n) is 15.4. The minimum Gasteiger partial charge on any atom is -0.354 e. The molecule has 2 amide bonds. The standard InChI is InChI=1S/C20H29N3O2.ClH/c1-21-12-7-13-22-19(24)18-14-16-10-5-6-11-17(16)23(18)20(25)15-8-3-2-4-9-15;/h2-4,8-9,16-18,21H,5-7,10-14H2,1H3,(H,22,24);1H. The molecule has 0 aromatic heterocycles. The van der Waals surface area contributed by atoms with Crippen molar-refractivity contribution in [3.05, 3.63) is 35.9 Å². The zero-order valence-corrected chi connectivity index (χ0v) is 16.3. The molecule has 6 heteroatoms. The minimum atomic E-state index is -0.324. The lowest BCUT2D eigenvalue weighted by Crippen LogP contribution is -2.49. The van der Waals surface area contributed by atoms with E-state index in [0.717, 1.165) is 38.6 Å². The SMILES string of the molecule is CNCCCNC(=O)C1CC2CCCCC2N1C(=O)c1ccccc1.Cl. The van der Waals surface area contributed by atoms with E-state index in [1.54, 1.807) is 0 Å². The number of hydrogen-bond donors (Lipinski definition) is 2. The molecular weight excluding hydrogens is 350 g/mol. The molecule has 1 saturated heterocycles. The van der Waals surface area contributed by atoms with Crippen LogP contribution in [0.5, 0.6) is 0 Å². The first-order chi connectivity index (χ1) is 12.2. The van der Waals surface area contributed by atoms with Crippen molar-refractivity contribution in [1.82, 2.24) is 15.5 Å². The first-order valence-electron chi connectivity index (χ1n) is 9.52. The molecule has 26 heavy (non-hydrogen) atoms. The zero-order chi connectivity index (χ0) is 17.6. The van der Waals surface area contributed by atoms with Crippen LogP contribution in [0.3, 0.4) is 0 Å². The molecule has 2 fully saturated rings. The Bertz CT molecular complexity index is 596. The van der Waals surface area contributed by atoms with Crippen LogP contribution in [-0.2, 0) is 4.79 Å². The van der Waals surface area contributed by atoms with Gasteiger partial charge in [0.25, 0.3) is 5.91 Å². The van der Waals surface area contributed by atoms with Crippen LogP contribution in [0.25, 0.3) is 0 Å². The quantitative estimate of drug-likeness (QED) is 0.747. The van der Waals surface area contributed by atoms with Crippen LogP contribution in [0.2, 0.25) is 0 Å². The first-order valence-corrected chi connectivity index (χ1v) is 9.52. The lowest BCUT2D eigenvalue weighted by Gasteiger charge is -2.33. The molecule has 3 rings (SSSR count). The number of carbonyl (C=O) groups is 2. The lowest BCUT2D eigenvalue weighted by atomic mass is 9.84. The van der Waals surface area contributed by atoms with E-state index in [0.29, 0.717) is 18.0 Å². The molecule has 1 aromatic rings. The summed E-state index contributed by atoms with van der Waals surface area (Å²) in [5, 5.41) is 6.12. The predicted molar refractivity (Wildman–Crippen MR) is 106 cm³/mol. The second kappa shape index (κ2) is 9.93. The number of rotatable bonds is 6. The molecule has 1 aromatic carbocycles. The summed E-state index contributed by atoms with van der Waals surface area (Å²) in [5.41, 5.74) is 0.682. The van der Waals surface area contributed by atoms with Gasteiger partial charge in [0.1, 0.15) is 6.04 Å². The summed E-state index contributed by atoms with van der Waals surface area (Å²) in [5.74, 6) is 0.481. The van der Waals surface area contributed by atoms with Crippen LogP contribution in [0, 0.1) is 5.92 Å². The third-order valence-electron chi connectivity index (χ3n) is 5.55. The summed E-state index contributed by atoms with van der Waals surface area (Å²) in [6, 6.07) is 9.27. The van der Waals surface area contributed by atoms with E-state index in [1.165, 1.54) is 6.42 Å². The van der Waals surface area contributed by atoms with Gasteiger partial charge >= 0.3 is 0 Å². The number of likely N-dealkylation sites (tertiary alicyclic amines) is 1. The number of hydrogen-bond acceptors (Lipinski definition) is 3. The molecule has 1 heterocycles. The van der Waals surface area contributed by atoms with Crippen LogP contribution >= 0.6 is 12.4 Å². The highest BCUT2D eigenvalue weighted by Gasteiger charge is 2.47. The molecule has 5 nitrogen and oxygen atoms in total. The number of benzene rings is 1. The van der Waals surface area contributed by atoms with Gasteiger partial charge in [-0.1, -0.05) is 31.0 Å². The average molecular weight is 380 g/mol. The Morgan fingerprint density at radius 3 is 2.58 bits per heavy atom. The molecule has 1 aliphatic heterocycles. The second-order valence-electron chi connectivity index (χ2n) is 7.19. The number of nitrogens with one attached hydrogen (secondary N) is 2. The Hall–Kier alpha value is -1.59. The van der Waals surface area contributed by atoms with Crippen LogP contribution in [0.1, 0.15) is 48.9 Å². The van der Waals surface area contributed by atoms with Crippen molar-refractivity contribution in [1.29, 1.82) is 0 Å². The number of amides is 2. The van der Waals surface area contributed by atoms with Crippen molar-refractivity contribution in [2.75, 3.05) is 20.1 Å². The van der Waals surface area contributed by atoms with Gasteiger partial charge in [-0.2, -0.15) is 0 Å². The van der Waals surface area contributed by atoms with Crippen molar-refractivity contribution in [3.63, 3.8) is 0 Å². The molecule has 3 unspecified atom stereocenters. The van der Waals surface area contributed by atoms with E-state index < -0.39 is 0 Å². The van der Waals surface area contributed by atoms with Gasteiger partial charge < -0.3 is 15.5 Å². The highest BCUT2D eigenvalue weighted by Crippen LogP contribution is 2.40. The Labute approximate surface area is 162 Å². The fourth-order valence-corrected chi connectivity index (χ4v) is 4.31. The van der Waals surface area contributed by atoms with Crippen LogP contribution in [0.15, 0.2) is 30.3 Å². The van der Waals surface area contributed by atoms with E-state index in [2.05, 4.69) is 10.6 Å². The summed E-state index contributed by atoms with van der Waals surface area (Å²) < 4.78 is 0. The lowest BCUT2D eigenvalue weighted by molar-refractivity contribution is -0.125. The first kappa shape index (κ1) is 20.7. The molecule has 0 spiro atoms. The maximum Gasteiger partial charge on any atom is 0.254 e. The topological polar surface area (TPSA) is 61.4 Å². The summed E-state index contributed by atoms with van der Waals surface area (Å²) >= 11 is 0. The van der Waals surface area contributed by atoms with Gasteiger partial charge in [-0.25, -0.2) is 0 Å². The predicted octanol–water partition coefficient (Wildman–Crippen LogP) is 2.61. The maximum absolute atomic E-state index is 13.1. The molecule has 2 aliphatic rings. The normalized spacial score (nSPS) is 24.5. The van der Waals surface area contributed by atoms with Crippen molar-refractivity contribution in [3.8, 4) is 0 Å². The van der Waals surface area contributed by atoms with E-state index in [4.69, 9.17) is 0 Å². The van der Waals surface area contributed by atoms with Crippen LogP contribution < -0.4 is 10.6 Å². The fourth-order valence-electron chi connectivity index (χ4n) is 4.31. The number of fused-ring (bicyclic) bond motifs is 1. The third-order valence-corrected chi connectivity index (χ3v) is 5.55. The largest absolute Gasteiger partial charge is 0.354 e. The van der Waals surface area contributed by atoms with Crippen molar-refractivity contribution < 1.29 is 9.59 Å². The van der Waals surface area contributed by atoms with Crippen molar-refractivity contribution in [2.24, 2.45) is 5.92 Å². The molecule has 2 N–H and O–H groups in total. The fraction of sp³-hybridized carbons (Fsp3) is 0.600. The molecule has 1 aliphatic carbocycles. The molecule has 1 saturated carbocycles. The molecule has 3 atom stereocenters. The van der Waals surface area contributed by atoms with Gasteiger partial charge in [0.05, 0.1) is 0 Å². The van der Waals surface area contributed by atoms with Crippen LogP contribution in [-0.4, -0.2) is 48.9 Å². The highest BCUT2D eigenvalue weighted by atomic mass is 35.5. The van der Waals surface area contributed by atoms with Crippen molar-refractivity contribution >= 4 is 24.2 Å². The average Bonchev–Trinajstić information content (AvgIpc) is 3.05. The Morgan fingerprint density at radius 1 is 1.12 bits per heavy atom. The maximum atomic E-state index is 13.1. The minimum absolute atomic E-state index is 0. The van der Waals surface area contributed by atoms with E-state index >= 15 is 0 Å². The number of nitrogens with zero attached hydrogens (tertiary/aromatic N) is 1. The van der Waals surface area contributed by atoms with Crippen LogP contribution in [0.4, 0.5) is 0 Å². The highest BCUT2D eigenvalue weighted by molar-refractivity contribution is 5.98. The van der Waals surface area contributed by atoms with E-state index in [1.807, 2.05) is 42.3 Å². The van der Waals surface area contributed by atoms with Gasteiger partial charge in [0.2, 0.25) is 5.91 Å². The summed E-state index contributed by atoms with van der Waals surface area (Å²) in [6.45, 7) is 1.53. The van der Waals surface area contributed by atoms with Gasteiger partial charge in [0.15, 0.2) is 0 Å². The molecule has 0 radical (unpaired) electrons.